The van der Waals surface area contributed by atoms with Gasteiger partial charge in [0.05, 0.1) is 13.2 Å². The van der Waals surface area contributed by atoms with E-state index >= 15 is 0 Å². The molecular formula is C18H37IN4O2. The molecule has 6 nitrogen and oxygen atoms in total. The van der Waals surface area contributed by atoms with Gasteiger partial charge in [0.15, 0.2) is 5.96 Å². The minimum Gasteiger partial charge on any atom is -0.381 e. The summed E-state index contributed by atoms with van der Waals surface area (Å²) in [5.41, 5.74) is 0. The third kappa shape index (κ3) is 9.40. The van der Waals surface area contributed by atoms with Crippen LogP contribution in [0.3, 0.4) is 0 Å². The number of halogens is 1. The van der Waals surface area contributed by atoms with Crippen LogP contribution in [0.1, 0.15) is 39.0 Å². The number of nitrogens with zero attached hydrogens (tertiary/aromatic N) is 2. The third-order valence-corrected chi connectivity index (χ3v) is 4.99. The highest BCUT2D eigenvalue weighted by molar-refractivity contribution is 14.0. The predicted octanol–water partition coefficient (Wildman–Crippen LogP) is 2.09. The molecule has 2 fully saturated rings. The van der Waals surface area contributed by atoms with Gasteiger partial charge in [0.2, 0.25) is 0 Å². The maximum Gasteiger partial charge on any atom is 0.191 e. The van der Waals surface area contributed by atoms with Gasteiger partial charge in [0.1, 0.15) is 0 Å². The first-order valence-corrected chi connectivity index (χ1v) is 9.63. The summed E-state index contributed by atoms with van der Waals surface area (Å²) in [5, 5.41) is 6.78. The fraction of sp³-hybridized carbons (Fsp3) is 0.944. The van der Waals surface area contributed by atoms with Gasteiger partial charge in [0, 0.05) is 51.9 Å². The van der Waals surface area contributed by atoms with E-state index in [0.29, 0.717) is 5.92 Å². The molecule has 2 aliphatic heterocycles. The Balaban J connectivity index is 0.00000312. The molecule has 0 aromatic heterocycles. The first kappa shape index (κ1) is 22.9. The van der Waals surface area contributed by atoms with E-state index in [4.69, 9.17) is 9.47 Å². The van der Waals surface area contributed by atoms with Gasteiger partial charge in [-0.05, 0) is 39.2 Å². The number of piperidine rings is 1. The fourth-order valence-corrected chi connectivity index (χ4v) is 3.37. The topological polar surface area (TPSA) is 58.1 Å². The van der Waals surface area contributed by atoms with Gasteiger partial charge in [0.25, 0.3) is 0 Å². The number of guanidine groups is 1. The number of aliphatic imine (C=N–C) groups is 1. The standard InChI is InChI=1S/C18H36N4O2.HI/c1-16-6-3-4-10-22(16)11-9-21-18(19-2)20-8-5-12-23-14-17-7-13-24-15-17;/h16-17H,3-15H2,1-2H3,(H2,19,20,21);1H. The van der Waals surface area contributed by atoms with Crippen LogP contribution < -0.4 is 10.6 Å². The van der Waals surface area contributed by atoms with Crippen LogP contribution in [0.25, 0.3) is 0 Å². The van der Waals surface area contributed by atoms with Crippen molar-refractivity contribution in [3.63, 3.8) is 0 Å². The summed E-state index contributed by atoms with van der Waals surface area (Å²) in [6.07, 6.45) is 6.19. The molecule has 25 heavy (non-hydrogen) atoms. The summed E-state index contributed by atoms with van der Waals surface area (Å²) in [6.45, 7) is 9.89. The Morgan fingerprint density at radius 2 is 2.08 bits per heavy atom. The molecule has 0 aromatic rings. The Morgan fingerprint density at radius 1 is 1.24 bits per heavy atom. The molecule has 2 rings (SSSR count). The highest BCUT2D eigenvalue weighted by Crippen LogP contribution is 2.15. The maximum atomic E-state index is 5.72. The average Bonchev–Trinajstić information content (AvgIpc) is 3.11. The SMILES string of the molecule is CN=C(NCCCOCC1CCOC1)NCCN1CCCCC1C.I. The van der Waals surface area contributed by atoms with Gasteiger partial charge in [-0.15, -0.1) is 24.0 Å². The molecule has 2 N–H and O–H groups in total. The van der Waals surface area contributed by atoms with E-state index < -0.39 is 0 Å². The second-order valence-corrected chi connectivity index (χ2v) is 6.96. The van der Waals surface area contributed by atoms with Crippen LogP contribution in [-0.2, 0) is 9.47 Å². The van der Waals surface area contributed by atoms with E-state index in [0.717, 1.165) is 70.9 Å². The summed E-state index contributed by atoms with van der Waals surface area (Å²) < 4.78 is 11.1. The van der Waals surface area contributed by atoms with Crippen molar-refractivity contribution in [3.8, 4) is 0 Å². The van der Waals surface area contributed by atoms with Crippen LogP contribution in [0.2, 0.25) is 0 Å². The van der Waals surface area contributed by atoms with Crippen LogP contribution in [0, 0.1) is 5.92 Å². The van der Waals surface area contributed by atoms with Crippen molar-refractivity contribution in [2.24, 2.45) is 10.9 Å². The van der Waals surface area contributed by atoms with E-state index in [1.54, 1.807) is 0 Å². The number of hydrogen-bond acceptors (Lipinski definition) is 4. The monoisotopic (exact) mass is 468 g/mol. The second-order valence-electron chi connectivity index (χ2n) is 6.96. The molecule has 0 saturated carbocycles. The molecule has 0 spiro atoms. The van der Waals surface area contributed by atoms with Crippen molar-refractivity contribution in [2.45, 2.75) is 45.1 Å². The molecule has 148 valence electrons. The Bertz CT molecular complexity index is 365. The highest BCUT2D eigenvalue weighted by Gasteiger charge is 2.17. The molecule has 2 aliphatic rings. The molecular weight excluding hydrogens is 431 g/mol. The minimum atomic E-state index is 0. The number of rotatable bonds is 9. The van der Waals surface area contributed by atoms with E-state index in [9.17, 15) is 0 Å². The number of nitrogens with one attached hydrogen (secondary N) is 2. The van der Waals surface area contributed by atoms with Gasteiger partial charge in [-0.25, -0.2) is 0 Å². The molecule has 2 unspecified atom stereocenters. The summed E-state index contributed by atoms with van der Waals surface area (Å²) in [5.74, 6) is 1.49. The summed E-state index contributed by atoms with van der Waals surface area (Å²) >= 11 is 0. The number of likely N-dealkylation sites (tertiary alicyclic amines) is 1. The zero-order chi connectivity index (χ0) is 17.0. The van der Waals surface area contributed by atoms with E-state index in [1.807, 2.05) is 7.05 Å². The van der Waals surface area contributed by atoms with Crippen molar-refractivity contribution in [3.05, 3.63) is 0 Å². The molecule has 0 aliphatic carbocycles. The third-order valence-electron chi connectivity index (χ3n) is 4.99. The van der Waals surface area contributed by atoms with Crippen molar-refractivity contribution in [1.29, 1.82) is 0 Å². The van der Waals surface area contributed by atoms with E-state index in [-0.39, 0.29) is 24.0 Å². The molecule has 7 heteroatoms. The molecule has 0 radical (unpaired) electrons. The van der Waals surface area contributed by atoms with Crippen LogP contribution in [0.5, 0.6) is 0 Å². The lowest BCUT2D eigenvalue weighted by Crippen LogP contribution is -2.45. The quantitative estimate of drug-likeness (QED) is 0.235. The molecule has 0 amide bonds. The van der Waals surface area contributed by atoms with Crippen molar-refractivity contribution in [1.82, 2.24) is 15.5 Å². The van der Waals surface area contributed by atoms with Gasteiger partial charge in [-0.2, -0.15) is 0 Å². The Hall–Kier alpha value is -0.120. The van der Waals surface area contributed by atoms with Crippen molar-refractivity contribution >= 4 is 29.9 Å². The zero-order valence-electron chi connectivity index (χ0n) is 16.0. The lowest BCUT2D eigenvalue weighted by molar-refractivity contribution is 0.0888. The largest absolute Gasteiger partial charge is 0.381 e. The van der Waals surface area contributed by atoms with E-state index in [1.165, 1.54) is 25.8 Å². The fourth-order valence-electron chi connectivity index (χ4n) is 3.37. The molecule has 0 aromatic carbocycles. The summed E-state index contributed by atoms with van der Waals surface area (Å²) in [7, 11) is 1.83. The van der Waals surface area contributed by atoms with Crippen molar-refractivity contribution in [2.75, 3.05) is 59.7 Å². The smallest absolute Gasteiger partial charge is 0.191 e. The normalized spacial score (nSPS) is 24.8. The van der Waals surface area contributed by atoms with Gasteiger partial charge in [-0.1, -0.05) is 6.42 Å². The summed E-state index contributed by atoms with van der Waals surface area (Å²) in [6, 6.07) is 0.720. The lowest BCUT2D eigenvalue weighted by Gasteiger charge is -2.33. The summed E-state index contributed by atoms with van der Waals surface area (Å²) in [4.78, 5) is 6.86. The first-order chi connectivity index (χ1) is 11.8. The van der Waals surface area contributed by atoms with Gasteiger partial charge < -0.3 is 20.1 Å². The van der Waals surface area contributed by atoms with Crippen molar-refractivity contribution < 1.29 is 9.47 Å². The number of hydrogen-bond donors (Lipinski definition) is 2. The molecule has 2 heterocycles. The lowest BCUT2D eigenvalue weighted by atomic mass is 10.0. The van der Waals surface area contributed by atoms with Crippen LogP contribution in [-0.4, -0.2) is 76.6 Å². The van der Waals surface area contributed by atoms with Crippen LogP contribution in [0.15, 0.2) is 4.99 Å². The minimum absolute atomic E-state index is 0. The Kier molecular flexibility index (Phi) is 12.8. The van der Waals surface area contributed by atoms with Gasteiger partial charge in [-0.3, -0.25) is 9.89 Å². The average molecular weight is 468 g/mol. The van der Waals surface area contributed by atoms with Crippen LogP contribution >= 0.6 is 24.0 Å². The molecule has 2 atom stereocenters. The number of ether oxygens (including phenoxy) is 2. The second kappa shape index (κ2) is 14.0. The van der Waals surface area contributed by atoms with Gasteiger partial charge >= 0.3 is 0 Å². The van der Waals surface area contributed by atoms with E-state index in [2.05, 4.69) is 27.4 Å². The first-order valence-electron chi connectivity index (χ1n) is 9.63. The Morgan fingerprint density at radius 3 is 2.80 bits per heavy atom. The Labute approximate surface area is 170 Å². The maximum absolute atomic E-state index is 5.72. The van der Waals surface area contributed by atoms with Crippen LogP contribution in [0.4, 0.5) is 0 Å². The molecule has 2 saturated heterocycles. The zero-order valence-corrected chi connectivity index (χ0v) is 18.3. The predicted molar refractivity (Wildman–Crippen MR) is 114 cm³/mol. The molecule has 0 bridgehead atoms. The highest BCUT2D eigenvalue weighted by atomic mass is 127.